The van der Waals surface area contributed by atoms with Gasteiger partial charge in [-0.25, -0.2) is 0 Å². The Morgan fingerprint density at radius 1 is 1.47 bits per heavy atom. The molecule has 5 nitrogen and oxygen atoms in total. The topological polar surface area (TPSA) is 82.0 Å². The lowest BCUT2D eigenvalue weighted by molar-refractivity contribution is -0.119. The molecule has 1 aromatic carbocycles. The molecule has 0 bridgehead atoms. The molecule has 2 N–H and O–H groups in total. The Morgan fingerprint density at radius 3 is 2.84 bits per heavy atom. The molecule has 1 aromatic rings. The maximum atomic E-state index is 11.9. The van der Waals surface area contributed by atoms with Crippen LogP contribution >= 0.6 is 0 Å². The Hall–Kier alpha value is -2.35. The predicted octanol–water partition coefficient (Wildman–Crippen LogP) is 1.92. The number of rotatable bonds is 3. The van der Waals surface area contributed by atoms with Gasteiger partial charge in [-0.1, -0.05) is 13.8 Å². The number of benzene rings is 1. The fourth-order valence-corrected chi connectivity index (χ4v) is 2.04. The van der Waals surface area contributed by atoms with E-state index in [1.165, 1.54) is 0 Å². The summed E-state index contributed by atoms with van der Waals surface area (Å²) in [5.41, 5.74) is 2.26. The first kappa shape index (κ1) is 13.1. The van der Waals surface area contributed by atoms with Crippen molar-refractivity contribution in [2.75, 3.05) is 10.6 Å². The zero-order chi connectivity index (χ0) is 14.0. The smallest absolute Gasteiger partial charge is 0.241 e. The average molecular weight is 257 g/mol. The average Bonchev–Trinajstić information content (AvgIpc) is 2.68. The second-order valence-electron chi connectivity index (χ2n) is 4.94. The van der Waals surface area contributed by atoms with Gasteiger partial charge in [-0.3, -0.25) is 9.59 Å². The van der Waals surface area contributed by atoms with E-state index >= 15 is 0 Å². The first-order valence-electron chi connectivity index (χ1n) is 6.14. The van der Waals surface area contributed by atoms with Crippen molar-refractivity contribution in [3.63, 3.8) is 0 Å². The van der Waals surface area contributed by atoms with Gasteiger partial charge < -0.3 is 10.6 Å². The molecule has 5 heteroatoms. The van der Waals surface area contributed by atoms with Crippen molar-refractivity contribution in [1.82, 2.24) is 0 Å². The number of nitrogens with one attached hydrogen (secondary N) is 2. The molecule has 2 rings (SSSR count). The lowest BCUT2D eigenvalue weighted by atomic mass is 9.96. The van der Waals surface area contributed by atoms with Gasteiger partial charge in [0, 0.05) is 11.4 Å². The molecule has 1 atom stereocenters. The second kappa shape index (κ2) is 5.11. The summed E-state index contributed by atoms with van der Waals surface area (Å²) in [6.45, 7) is 3.66. The molecule has 0 saturated carbocycles. The SMILES string of the molecule is CC(C)C(C#N)C(=O)Nc1ccc2c(c1)CC(=O)N2. The van der Waals surface area contributed by atoms with Gasteiger partial charge in [0.25, 0.3) is 0 Å². The van der Waals surface area contributed by atoms with Gasteiger partial charge >= 0.3 is 0 Å². The number of carbonyl (C=O) groups is 2. The van der Waals surface area contributed by atoms with Crippen LogP contribution in [0.25, 0.3) is 0 Å². The number of amides is 2. The molecular weight excluding hydrogens is 242 g/mol. The minimum Gasteiger partial charge on any atom is -0.326 e. The molecule has 1 unspecified atom stereocenters. The molecule has 0 fully saturated rings. The molecular formula is C14H15N3O2. The number of hydrogen-bond acceptors (Lipinski definition) is 3. The Morgan fingerprint density at radius 2 is 2.21 bits per heavy atom. The molecule has 0 aliphatic carbocycles. The number of fused-ring (bicyclic) bond motifs is 1. The van der Waals surface area contributed by atoms with Gasteiger partial charge in [0.1, 0.15) is 5.92 Å². The van der Waals surface area contributed by atoms with Crippen molar-refractivity contribution in [1.29, 1.82) is 5.26 Å². The van der Waals surface area contributed by atoms with Crippen LogP contribution in [-0.2, 0) is 16.0 Å². The monoisotopic (exact) mass is 257 g/mol. The zero-order valence-electron chi connectivity index (χ0n) is 10.9. The molecule has 2 amide bonds. The van der Waals surface area contributed by atoms with E-state index in [-0.39, 0.29) is 17.7 Å². The Bertz CT molecular complexity index is 573. The third kappa shape index (κ3) is 2.74. The fraction of sp³-hybridized carbons (Fsp3) is 0.357. The summed E-state index contributed by atoms with van der Waals surface area (Å²) >= 11 is 0. The van der Waals surface area contributed by atoms with Crippen molar-refractivity contribution in [3.05, 3.63) is 23.8 Å². The molecule has 1 heterocycles. The highest BCUT2D eigenvalue weighted by Crippen LogP contribution is 2.26. The van der Waals surface area contributed by atoms with E-state index in [9.17, 15) is 9.59 Å². The first-order chi connectivity index (χ1) is 9.01. The van der Waals surface area contributed by atoms with Crippen LogP contribution in [0.4, 0.5) is 11.4 Å². The highest BCUT2D eigenvalue weighted by molar-refractivity contribution is 6.00. The van der Waals surface area contributed by atoms with Gasteiger partial charge in [-0.15, -0.1) is 0 Å². The largest absolute Gasteiger partial charge is 0.326 e. The summed E-state index contributed by atoms with van der Waals surface area (Å²) in [5, 5.41) is 14.4. The molecule has 0 aromatic heterocycles. The number of nitriles is 1. The van der Waals surface area contributed by atoms with Crippen molar-refractivity contribution >= 4 is 23.2 Å². The quantitative estimate of drug-likeness (QED) is 0.867. The lowest BCUT2D eigenvalue weighted by Crippen LogP contribution is -2.25. The van der Waals surface area contributed by atoms with E-state index in [4.69, 9.17) is 5.26 Å². The van der Waals surface area contributed by atoms with Crippen molar-refractivity contribution in [2.45, 2.75) is 20.3 Å². The van der Waals surface area contributed by atoms with Crippen molar-refractivity contribution < 1.29 is 9.59 Å². The highest BCUT2D eigenvalue weighted by Gasteiger charge is 2.23. The van der Waals surface area contributed by atoms with E-state index in [2.05, 4.69) is 10.6 Å². The Labute approximate surface area is 111 Å². The molecule has 0 saturated heterocycles. The number of hydrogen-bond donors (Lipinski definition) is 2. The van der Waals surface area contributed by atoms with E-state index in [1.807, 2.05) is 19.9 Å². The van der Waals surface area contributed by atoms with E-state index in [1.54, 1.807) is 18.2 Å². The summed E-state index contributed by atoms with van der Waals surface area (Å²) in [6.07, 6.45) is 0.324. The van der Waals surface area contributed by atoms with Crippen LogP contribution < -0.4 is 10.6 Å². The van der Waals surface area contributed by atoms with Gasteiger partial charge in [-0.2, -0.15) is 5.26 Å². The Kier molecular flexibility index (Phi) is 3.52. The van der Waals surface area contributed by atoms with Gasteiger partial charge in [0.15, 0.2) is 0 Å². The first-order valence-corrected chi connectivity index (χ1v) is 6.14. The summed E-state index contributed by atoms with van der Waals surface area (Å²) in [5.74, 6) is -1.07. The molecule has 19 heavy (non-hydrogen) atoms. The second-order valence-corrected chi connectivity index (χ2v) is 4.94. The van der Waals surface area contributed by atoms with Gasteiger partial charge in [0.05, 0.1) is 12.5 Å². The third-order valence-electron chi connectivity index (χ3n) is 3.09. The van der Waals surface area contributed by atoms with E-state index < -0.39 is 5.92 Å². The predicted molar refractivity (Wildman–Crippen MR) is 71.3 cm³/mol. The maximum absolute atomic E-state index is 11.9. The number of nitrogens with zero attached hydrogens (tertiary/aromatic N) is 1. The fourth-order valence-electron chi connectivity index (χ4n) is 2.04. The van der Waals surface area contributed by atoms with Crippen molar-refractivity contribution in [3.8, 4) is 6.07 Å². The summed E-state index contributed by atoms with van der Waals surface area (Å²) in [7, 11) is 0. The van der Waals surface area contributed by atoms with Gasteiger partial charge in [0.2, 0.25) is 11.8 Å². The molecule has 0 spiro atoms. The highest BCUT2D eigenvalue weighted by atomic mass is 16.2. The third-order valence-corrected chi connectivity index (χ3v) is 3.09. The standard InChI is InChI=1S/C14H15N3O2/c1-8(2)11(7-15)14(19)16-10-3-4-12-9(5-10)6-13(18)17-12/h3-5,8,11H,6H2,1-2H3,(H,16,19)(H,17,18). The molecule has 0 radical (unpaired) electrons. The van der Waals surface area contributed by atoms with Gasteiger partial charge in [-0.05, 0) is 29.7 Å². The van der Waals surface area contributed by atoms with Crippen LogP contribution in [0.3, 0.4) is 0 Å². The lowest BCUT2D eigenvalue weighted by Gasteiger charge is -2.13. The van der Waals surface area contributed by atoms with Crippen LogP contribution in [0, 0.1) is 23.2 Å². The summed E-state index contributed by atoms with van der Waals surface area (Å²) in [4.78, 5) is 23.2. The van der Waals surface area contributed by atoms with Crippen LogP contribution in [0.1, 0.15) is 19.4 Å². The molecule has 1 aliphatic rings. The minimum atomic E-state index is -0.673. The van der Waals surface area contributed by atoms with Crippen molar-refractivity contribution in [2.24, 2.45) is 11.8 Å². The van der Waals surface area contributed by atoms with Crippen LogP contribution in [0.5, 0.6) is 0 Å². The minimum absolute atomic E-state index is 0.0392. The molecule has 98 valence electrons. The van der Waals surface area contributed by atoms with Crippen LogP contribution in [0.15, 0.2) is 18.2 Å². The summed E-state index contributed by atoms with van der Waals surface area (Å²) < 4.78 is 0. The number of carbonyl (C=O) groups excluding carboxylic acids is 2. The van der Waals surface area contributed by atoms with Crippen LogP contribution in [-0.4, -0.2) is 11.8 Å². The Balaban J connectivity index is 2.13. The maximum Gasteiger partial charge on any atom is 0.241 e. The van der Waals surface area contributed by atoms with E-state index in [0.717, 1.165) is 11.3 Å². The number of anilines is 2. The zero-order valence-corrected chi connectivity index (χ0v) is 10.9. The molecule has 1 aliphatic heterocycles. The van der Waals surface area contributed by atoms with E-state index in [0.29, 0.717) is 12.1 Å². The van der Waals surface area contributed by atoms with Crippen LogP contribution in [0.2, 0.25) is 0 Å². The summed E-state index contributed by atoms with van der Waals surface area (Å²) in [6, 6.07) is 7.24. The normalized spacial score (nSPS) is 14.5.